The highest BCUT2D eigenvalue weighted by atomic mass is 16.5. The minimum atomic E-state index is 0.421. The van der Waals surface area contributed by atoms with Gasteiger partial charge in [-0.25, -0.2) is 0 Å². The first-order valence-electron chi connectivity index (χ1n) is 10.7. The lowest BCUT2D eigenvalue weighted by atomic mass is 9.70. The molecule has 4 aromatic rings. The quantitative estimate of drug-likeness (QED) is 0.435. The molecular formula is C26H30N2O2. The van der Waals surface area contributed by atoms with Gasteiger partial charge >= 0.3 is 0 Å². The summed E-state index contributed by atoms with van der Waals surface area (Å²) in [4.78, 5) is 0. The van der Waals surface area contributed by atoms with E-state index in [1.54, 1.807) is 14.2 Å². The first-order valence-corrected chi connectivity index (χ1v) is 10.7. The molecule has 0 fully saturated rings. The molecule has 1 aliphatic rings. The molecule has 3 atom stereocenters. The highest BCUT2D eigenvalue weighted by Crippen LogP contribution is 2.49. The van der Waals surface area contributed by atoms with Crippen LogP contribution in [0.4, 0.5) is 0 Å². The maximum absolute atomic E-state index is 5.55. The van der Waals surface area contributed by atoms with Crippen molar-refractivity contribution in [2.45, 2.75) is 32.1 Å². The summed E-state index contributed by atoms with van der Waals surface area (Å²) in [7, 11) is 7.88. The fourth-order valence-corrected chi connectivity index (χ4v) is 5.83. The van der Waals surface area contributed by atoms with Crippen LogP contribution >= 0.6 is 0 Å². The Labute approximate surface area is 178 Å². The summed E-state index contributed by atoms with van der Waals surface area (Å²) in [6.07, 6.45) is 1.09. The van der Waals surface area contributed by atoms with Crippen molar-refractivity contribution in [3.8, 4) is 11.5 Å². The highest BCUT2D eigenvalue weighted by Gasteiger charge is 2.37. The minimum Gasteiger partial charge on any atom is -0.497 e. The molecule has 0 spiro atoms. The molecule has 0 amide bonds. The maximum atomic E-state index is 5.55. The molecule has 30 heavy (non-hydrogen) atoms. The van der Waals surface area contributed by atoms with Gasteiger partial charge in [-0.05, 0) is 66.3 Å². The van der Waals surface area contributed by atoms with Crippen LogP contribution in [-0.4, -0.2) is 23.4 Å². The molecule has 0 saturated heterocycles. The molecule has 3 unspecified atom stereocenters. The number of aromatic nitrogens is 2. The molecule has 5 rings (SSSR count). The average Bonchev–Trinajstić information content (AvgIpc) is 3.22. The predicted octanol–water partition coefficient (Wildman–Crippen LogP) is 5.77. The van der Waals surface area contributed by atoms with Gasteiger partial charge in [-0.2, -0.15) is 0 Å². The third-order valence-corrected chi connectivity index (χ3v) is 7.32. The van der Waals surface area contributed by atoms with E-state index in [9.17, 15) is 0 Å². The van der Waals surface area contributed by atoms with E-state index >= 15 is 0 Å². The molecule has 4 heteroatoms. The summed E-state index contributed by atoms with van der Waals surface area (Å²) < 4.78 is 15.8. The highest BCUT2D eigenvalue weighted by molar-refractivity contribution is 5.88. The van der Waals surface area contributed by atoms with Gasteiger partial charge in [0.05, 0.1) is 14.2 Å². The van der Waals surface area contributed by atoms with E-state index in [1.165, 1.54) is 38.8 Å². The molecule has 156 valence electrons. The summed E-state index contributed by atoms with van der Waals surface area (Å²) >= 11 is 0. The van der Waals surface area contributed by atoms with Crippen LogP contribution in [0.5, 0.6) is 11.5 Å². The smallest absolute Gasteiger partial charge is 0.119 e. The van der Waals surface area contributed by atoms with Gasteiger partial charge in [0.25, 0.3) is 0 Å². The lowest BCUT2D eigenvalue weighted by Gasteiger charge is -2.36. The van der Waals surface area contributed by atoms with Crippen molar-refractivity contribution in [3.05, 3.63) is 59.4 Å². The summed E-state index contributed by atoms with van der Waals surface area (Å²) in [6, 6.07) is 15.2. The fourth-order valence-electron chi connectivity index (χ4n) is 5.83. The molecule has 2 heterocycles. The Morgan fingerprint density at radius 3 is 2.20 bits per heavy atom. The molecule has 0 N–H and O–H groups in total. The Morgan fingerprint density at radius 2 is 1.50 bits per heavy atom. The van der Waals surface area contributed by atoms with Crippen molar-refractivity contribution in [3.63, 3.8) is 0 Å². The summed E-state index contributed by atoms with van der Waals surface area (Å²) in [6.45, 7) is 4.80. The maximum Gasteiger partial charge on any atom is 0.119 e. The largest absolute Gasteiger partial charge is 0.497 e. The lowest BCUT2D eigenvalue weighted by Crippen LogP contribution is -2.27. The van der Waals surface area contributed by atoms with Gasteiger partial charge in [0, 0.05) is 53.2 Å². The van der Waals surface area contributed by atoms with E-state index in [0.29, 0.717) is 17.8 Å². The molecule has 2 aromatic heterocycles. The van der Waals surface area contributed by atoms with Crippen molar-refractivity contribution in [2.75, 3.05) is 14.2 Å². The summed E-state index contributed by atoms with van der Waals surface area (Å²) in [5, 5.41) is 2.58. The number of rotatable bonds is 3. The van der Waals surface area contributed by atoms with E-state index in [4.69, 9.17) is 9.47 Å². The number of methoxy groups -OCH3 is 2. The van der Waals surface area contributed by atoms with Gasteiger partial charge in [0.15, 0.2) is 0 Å². The molecule has 0 bridgehead atoms. The Morgan fingerprint density at radius 1 is 0.833 bits per heavy atom. The first kappa shape index (κ1) is 19.1. The average molecular weight is 403 g/mol. The van der Waals surface area contributed by atoms with E-state index < -0.39 is 0 Å². The molecule has 2 aromatic carbocycles. The standard InChI is InChI=1S/C26H30N2O2/c1-15-11-23-26(20-14-19(30-6)8-10-22(20)28(23)4)16(2)25(15)24-13-17-12-18(29-5)7-9-21(17)27(24)3/h7-10,12-16,25H,11H2,1-6H3. The Balaban J connectivity index is 1.69. The minimum absolute atomic E-state index is 0.421. The van der Waals surface area contributed by atoms with Gasteiger partial charge in [0.1, 0.15) is 11.5 Å². The number of hydrogen-bond acceptors (Lipinski definition) is 2. The van der Waals surface area contributed by atoms with Crippen molar-refractivity contribution in [2.24, 2.45) is 20.0 Å². The van der Waals surface area contributed by atoms with E-state index in [0.717, 1.165) is 17.9 Å². The number of benzene rings is 2. The van der Waals surface area contributed by atoms with Crippen LogP contribution in [0.1, 0.15) is 42.6 Å². The summed E-state index contributed by atoms with van der Waals surface area (Å²) in [5.74, 6) is 3.27. The molecule has 1 aliphatic carbocycles. The van der Waals surface area contributed by atoms with Crippen molar-refractivity contribution >= 4 is 21.8 Å². The Bertz CT molecular complexity index is 1260. The SMILES string of the molecule is COc1ccc2c(c1)cc(C1C(C)Cc3c(c4cc(OC)ccc4n3C)C1C)n2C. The normalized spacial score (nSPS) is 21.2. The van der Waals surface area contributed by atoms with Crippen LogP contribution < -0.4 is 9.47 Å². The first-order chi connectivity index (χ1) is 14.4. The number of ether oxygens (including phenoxy) is 2. The second-order valence-corrected chi connectivity index (χ2v) is 8.85. The van der Waals surface area contributed by atoms with Crippen LogP contribution in [0.25, 0.3) is 21.8 Å². The number of nitrogens with zero attached hydrogens (tertiary/aromatic N) is 2. The summed E-state index contributed by atoms with van der Waals surface area (Å²) in [5.41, 5.74) is 6.91. The Kier molecular flexibility index (Phi) is 4.35. The number of hydrogen-bond donors (Lipinski definition) is 0. The molecule has 0 aliphatic heterocycles. The van der Waals surface area contributed by atoms with Crippen LogP contribution in [0.3, 0.4) is 0 Å². The number of aryl methyl sites for hydroxylation is 2. The topological polar surface area (TPSA) is 28.3 Å². The van der Waals surface area contributed by atoms with Crippen molar-refractivity contribution in [1.29, 1.82) is 0 Å². The van der Waals surface area contributed by atoms with Crippen LogP contribution in [-0.2, 0) is 20.5 Å². The zero-order valence-electron chi connectivity index (χ0n) is 18.7. The van der Waals surface area contributed by atoms with Crippen LogP contribution in [0.15, 0.2) is 42.5 Å². The third-order valence-electron chi connectivity index (χ3n) is 7.32. The molecule has 4 nitrogen and oxygen atoms in total. The van der Waals surface area contributed by atoms with Gasteiger partial charge < -0.3 is 18.6 Å². The van der Waals surface area contributed by atoms with E-state index in [1.807, 2.05) is 0 Å². The van der Waals surface area contributed by atoms with Crippen LogP contribution in [0.2, 0.25) is 0 Å². The predicted molar refractivity (Wildman–Crippen MR) is 123 cm³/mol. The lowest BCUT2D eigenvalue weighted by molar-refractivity contribution is 0.360. The molecular weight excluding hydrogens is 372 g/mol. The van der Waals surface area contributed by atoms with Gasteiger partial charge in [0.2, 0.25) is 0 Å². The van der Waals surface area contributed by atoms with E-state index in [2.05, 4.69) is 79.5 Å². The second kappa shape index (κ2) is 6.83. The molecule has 0 saturated carbocycles. The fraction of sp³-hybridized carbons (Fsp3) is 0.385. The van der Waals surface area contributed by atoms with Crippen molar-refractivity contribution in [1.82, 2.24) is 9.13 Å². The Hall–Kier alpha value is -2.88. The number of fused-ring (bicyclic) bond motifs is 4. The molecule has 0 radical (unpaired) electrons. The second-order valence-electron chi connectivity index (χ2n) is 8.85. The van der Waals surface area contributed by atoms with Crippen molar-refractivity contribution < 1.29 is 9.47 Å². The monoisotopic (exact) mass is 402 g/mol. The van der Waals surface area contributed by atoms with Gasteiger partial charge in [-0.15, -0.1) is 0 Å². The van der Waals surface area contributed by atoms with E-state index in [-0.39, 0.29) is 0 Å². The zero-order chi connectivity index (χ0) is 21.2. The van der Waals surface area contributed by atoms with Crippen LogP contribution in [0, 0.1) is 5.92 Å². The third kappa shape index (κ3) is 2.59. The van der Waals surface area contributed by atoms with Gasteiger partial charge in [-0.3, -0.25) is 0 Å². The zero-order valence-corrected chi connectivity index (χ0v) is 18.7. The van der Waals surface area contributed by atoms with Gasteiger partial charge in [-0.1, -0.05) is 13.8 Å².